The number of rotatable bonds is 5. The fraction of sp³-hybridized carbons (Fsp3) is 0.244. The molecule has 0 bridgehead atoms. The molecule has 10 rings (SSSR count). The largest absolute Gasteiger partial charge is 1.00 e. The molecule has 6 heterocycles. The number of hydrogen-bond donors (Lipinski definition) is 0. The number of halogens is 3. The first-order valence-corrected chi connectivity index (χ1v) is 17.8. The lowest BCUT2D eigenvalue weighted by atomic mass is 9.92. The number of nitrogens with zero attached hydrogens (tertiary/aromatic N) is 7. The highest BCUT2D eigenvalue weighted by Gasteiger charge is 2.56. The van der Waals surface area contributed by atoms with Crippen molar-refractivity contribution in [2.75, 3.05) is 0 Å². The second-order valence-electron chi connectivity index (χ2n) is 14.3. The Morgan fingerprint density at radius 3 is 2.12 bits per heavy atom. The minimum atomic E-state index is -0.202. The Hall–Kier alpha value is -4.56. The van der Waals surface area contributed by atoms with Gasteiger partial charge in [-0.15, -0.1) is 10.2 Å². The Bertz CT molecular complexity index is 2560. The van der Waals surface area contributed by atoms with Crippen LogP contribution >= 0.6 is 23.2 Å². The average molecular weight is 737 g/mol. The van der Waals surface area contributed by atoms with Gasteiger partial charge in [0.05, 0.1) is 36.6 Å². The molecular weight excluding hydrogens is 698 g/mol. The van der Waals surface area contributed by atoms with Gasteiger partial charge in [-0.1, -0.05) is 60.1 Å². The van der Waals surface area contributed by atoms with Gasteiger partial charge in [-0.3, -0.25) is 4.40 Å². The molecule has 5 aromatic heterocycles. The predicted octanol–water partition coefficient (Wildman–Crippen LogP) is 5.23. The molecule has 7 aromatic rings. The lowest BCUT2D eigenvalue weighted by molar-refractivity contribution is -0.744. The maximum atomic E-state index is 7.57. The molecule has 2 aromatic carbocycles. The van der Waals surface area contributed by atoms with E-state index in [9.17, 15) is 0 Å². The summed E-state index contributed by atoms with van der Waals surface area (Å²) in [7, 11) is 0. The summed E-state index contributed by atoms with van der Waals surface area (Å²) in [5.41, 5.74) is 6.70. The third-order valence-electron chi connectivity index (χ3n) is 10.9. The van der Waals surface area contributed by atoms with Crippen molar-refractivity contribution in [3.05, 3.63) is 160 Å². The summed E-state index contributed by atoms with van der Waals surface area (Å²) < 4.78 is 23.9. The Labute approximate surface area is 316 Å². The molecule has 0 atom stereocenters. The summed E-state index contributed by atoms with van der Waals surface area (Å²) in [5, 5.41) is 15.5. The van der Waals surface area contributed by atoms with Crippen LogP contribution in [0.1, 0.15) is 83.1 Å². The number of fused-ring (bicyclic) bond motifs is 3. The van der Waals surface area contributed by atoms with Crippen molar-refractivity contribution >= 4 is 40.1 Å². The van der Waals surface area contributed by atoms with E-state index < -0.39 is 0 Å². The van der Waals surface area contributed by atoms with Crippen molar-refractivity contribution in [3.63, 3.8) is 0 Å². The van der Waals surface area contributed by atoms with Gasteiger partial charge < -0.3 is 12.4 Å². The van der Waals surface area contributed by atoms with Gasteiger partial charge >= 0.3 is 17.3 Å². The van der Waals surface area contributed by atoms with Crippen LogP contribution in [0.25, 0.3) is 22.7 Å². The standard InChI is InChI=1S/C23H21ClN4.C18H16ClN3.ClH/c1-22(2)18-6-5-14-26-20(18)28(19-7-3-4-15-27(19)22)25-21(26)23(12-13-23)16-8-10-17(24)11-9-16;1-12(2)15-4-3-11-22-16(15)20-21-17(22)18(9-10-18)13-5-7-14(19)8-6-13;/h3-11,14-15H,12-13H2,1-2H3;3-8,11H,1,9-10H2,2H3;1H/q+2;;/p-1/i;1+1D2;. The number of benzene rings is 2. The first-order chi connectivity index (χ1) is 25.0. The highest BCUT2D eigenvalue weighted by molar-refractivity contribution is 6.30. The van der Waals surface area contributed by atoms with Crippen LogP contribution in [0.3, 0.4) is 0 Å². The molecule has 51 heavy (non-hydrogen) atoms. The molecule has 7 nitrogen and oxygen atoms in total. The summed E-state index contributed by atoms with van der Waals surface area (Å²) in [6, 6.07) is 30.7. The van der Waals surface area contributed by atoms with E-state index in [-0.39, 0.29) is 35.3 Å². The number of aromatic nitrogens is 7. The molecular formula is C41H37Cl3N7+. The topological polar surface area (TPSA) is 56.0 Å². The molecule has 2 aliphatic carbocycles. The second kappa shape index (κ2) is 12.0. The molecule has 0 unspecified atom stereocenters. The first kappa shape index (κ1) is 31.2. The highest BCUT2D eigenvalue weighted by atomic mass is 35.5. The van der Waals surface area contributed by atoms with Gasteiger partial charge in [-0.2, -0.15) is 4.40 Å². The van der Waals surface area contributed by atoms with Crippen molar-refractivity contribution in [1.82, 2.24) is 24.4 Å². The monoisotopic (exact) mass is 735 g/mol. The average Bonchev–Trinajstić information content (AvgIpc) is 4.06. The molecule has 256 valence electrons. The summed E-state index contributed by atoms with van der Waals surface area (Å²) in [5.74, 6) is 3.12. The van der Waals surface area contributed by atoms with Crippen molar-refractivity contribution in [1.29, 1.82) is 0 Å². The fourth-order valence-electron chi connectivity index (χ4n) is 7.86. The quantitative estimate of drug-likeness (QED) is 0.180. The molecule has 10 heteroatoms. The van der Waals surface area contributed by atoms with E-state index in [2.05, 4.69) is 105 Å². The molecule has 0 saturated heterocycles. The Kier molecular flexibility index (Phi) is 7.35. The van der Waals surface area contributed by atoms with E-state index >= 15 is 0 Å². The first-order valence-electron chi connectivity index (χ1n) is 18.0. The number of hydrogen-bond acceptors (Lipinski definition) is 3. The second-order valence-corrected chi connectivity index (χ2v) is 15.2. The minimum Gasteiger partial charge on any atom is -1.00 e. The predicted molar refractivity (Wildman–Crippen MR) is 196 cm³/mol. The zero-order valence-corrected chi connectivity index (χ0v) is 30.8. The van der Waals surface area contributed by atoms with Gasteiger partial charge in [-0.25, -0.2) is 4.57 Å². The van der Waals surface area contributed by atoms with Crippen molar-refractivity contribution < 1.29 is 24.1 Å². The molecule has 3 aliphatic rings. The van der Waals surface area contributed by atoms with E-state index in [4.69, 9.17) is 31.0 Å². The van der Waals surface area contributed by atoms with Crippen LogP contribution in [0.15, 0.2) is 116 Å². The van der Waals surface area contributed by atoms with Gasteiger partial charge in [0, 0.05) is 27.9 Å². The SMILES string of the molecule is CC1(C)c2ccc[n+]3c(C4(c5ccc(Cl)cc5)CC4)nn(c23)-c2cccc[n+]21.[2H][13C]([2H])=C(C)c1cccn2c(C3(c4ccc(Cl)cc4)CC3)nnc12.[Cl-]. The summed E-state index contributed by atoms with van der Waals surface area (Å²) >= 11 is 12.2. The van der Waals surface area contributed by atoms with Crippen LogP contribution in [0.2, 0.25) is 10.0 Å². The van der Waals surface area contributed by atoms with Crippen molar-refractivity contribution in [3.8, 4) is 5.82 Å². The number of pyridine rings is 3. The fourth-order valence-corrected chi connectivity index (χ4v) is 8.11. The van der Waals surface area contributed by atoms with Gasteiger partial charge in [-0.05, 0) is 122 Å². The Balaban J connectivity index is 0.000000150. The van der Waals surface area contributed by atoms with E-state index in [0.29, 0.717) is 11.2 Å². The van der Waals surface area contributed by atoms with Gasteiger partial charge in [0.2, 0.25) is 0 Å². The maximum absolute atomic E-state index is 7.57. The molecule has 0 amide bonds. The molecule has 1 aliphatic heterocycles. The summed E-state index contributed by atoms with van der Waals surface area (Å²) in [6.45, 7) is 6.11. The third-order valence-corrected chi connectivity index (χ3v) is 11.4. The maximum Gasteiger partial charge on any atom is 0.324 e. The molecule has 2 saturated carbocycles. The van der Waals surface area contributed by atoms with Gasteiger partial charge in [0.15, 0.2) is 5.65 Å². The smallest absolute Gasteiger partial charge is 0.324 e. The van der Waals surface area contributed by atoms with Crippen molar-refractivity contribution in [2.24, 2.45) is 0 Å². The molecule has 0 spiro atoms. The van der Waals surface area contributed by atoms with Gasteiger partial charge in [0.1, 0.15) is 11.4 Å². The van der Waals surface area contributed by atoms with Crippen LogP contribution < -0.4 is 21.4 Å². The van der Waals surface area contributed by atoms with Crippen LogP contribution in [0, 0.1) is 0 Å². The lowest BCUT2D eigenvalue weighted by Crippen LogP contribution is -3.00. The van der Waals surface area contributed by atoms with Crippen LogP contribution in [0.5, 0.6) is 0 Å². The third kappa shape index (κ3) is 5.12. The Morgan fingerprint density at radius 2 is 1.47 bits per heavy atom. The van der Waals surface area contributed by atoms with E-state index in [1.54, 1.807) is 6.92 Å². The highest BCUT2D eigenvalue weighted by Crippen LogP contribution is 2.53. The Morgan fingerprint density at radius 1 is 0.804 bits per heavy atom. The normalized spacial score (nSPS) is 17.3. The van der Waals surface area contributed by atoms with Crippen LogP contribution in [-0.4, -0.2) is 24.4 Å². The van der Waals surface area contributed by atoms with Crippen LogP contribution in [-0.2, 0) is 16.4 Å². The van der Waals surface area contributed by atoms with E-state index in [1.165, 1.54) is 16.7 Å². The van der Waals surface area contributed by atoms with E-state index in [0.717, 1.165) is 64.4 Å². The van der Waals surface area contributed by atoms with Crippen LogP contribution in [0.4, 0.5) is 0 Å². The van der Waals surface area contributed by atoms with Gasteiger partial charge in [0.25, 0.3) is 0 Å². The molecule has 0 radical (unpaired) electrons. The zero-order valence-electron chi connectivity index (χ0n) is 30.5. The summed E-state index contributed by atoms with van der Waals surface area (Å²) in [6.07, 6.45) is 10.5. The number of allylic oxidation sites excluding steroid dienone is 1. The van der Waals surface area contributed by atoms with Crippen molar-refractivity contribution in [2.45, 2.75) is 62.8 Å². The summed E-state index contributed by atoms with van der Waals surface area (Å²) in [4.78, 5) is 0. The molecule has 0 N–H and O–H groups in total. The zero-order chi connectivity index (χ0) is 36.0. The minimum absolute atomic E-state index is 0. The lowest BCUT2D eigenvalue weighted by Gasteiger charge is -2.26. The molecule has 2 fully saturated rings. The van der Waals surface area contributed by atoms with E-state index in [1.807, 2.05) is 47.0 Å².